The molecule has 2 nitrogen and oxygen atoms in total. The van der Waals surface area contributed by atoms with Crippen LogP contribution in [0.2, 0.25) is 0 Å². The van der Waals surface area contributed by atoms with Crippen LogP contribution in [0.25, 0.3) is 10.9 Å². The third-order valence-corrected chi connectivity index (χ3v) is 2.21. The number of fused-ring (bicyclic) bond motifs is 1. The van der Waals surface area contributed by atoms with Crippen LogP contribution in [0.1, 0.15) is 53.5 Å². The number of H-pyrrole nitrogens is 1. The van der Waals surface area contributed by atoms with E-state index in [1.165, 1.54) is 10.9 Å². The molecule has 1 N–H and O–H groups in total. The summed E-state index contributed by atoms with van der Waals surface area (Å²) in [5.41, 5.74) is 2.37. The van der Waals surface area contributed by atoms with Gasteiger partial charge in [0.1, 0.15) is 6.29 Å². The summed E-state index contributed by atoms with van der Waals surface area (Å²) in [5.74, 6) is 0. The number of aldehydes is 1. The molecular weight excluding hydrogens is 234 g/mol. The summed E-state index contributed by atoms with van der Waals surface area (Å²) in [6, 6.07) is 8.13. The summed E-state index contributed by atoms with van der Waals surface area (Å²) >= 11 is 0. The maximum atomic E-state index is 10.2. The molecule has 0 radical (unpaired) electrons. The van der Waals surface area contributed by atoms with E-state index in [2.05, 4.69) is 11.1 Å². The molecule has 0 saturated carbocycles. The minimum Gasteiger partial charge on any atom is -0.361 e. The Morgan fingerprint density at radius 1 is 1.00 bits per heavy atom. The van der Waals surface area contributed by atoms with Crippen molar-refractivity contribution in [2.75, 3.05) is 0 Å². The molecule has 0 amide bonds. The third kappa shape index (κ3) is 6.80. The molecule has 2 rings (SSSR count). The monoisotopic (exact) mass is 263 g/mol. The van der Waals surface area contributed by atoms with Crippen molar-refractivity contribution in [3.63, 3.8) is 0 Å². The van der Waals surface area contributed by atoms with E-state index in [1.807, 2.05) is 65.9 Å². The van der Waals surface area contributed by atoms with E-state index < -0.39 is 0 Å². The fraction of sp³-hybridized carbons (Fsp3) is 0.471. The predicted octanol–water partition coefficient (Wildman–Crippen LogP) is 5.38. The summed E-state index contributed by atoms with van der Waals surface area (Å²) < 4.78 is 0. The highest BCUT2D eigenvalue weighted by Gasteiger charge is 2.00. The average Bonchev–Trinajstić information content (AvgIpc) is 2.94. The Kier molecular flexibility index (Phi) is 15.1. The molecule has 108 valence electrons. The number of benzene rings is 1. The molecule has 19 heavy (non-hydrogen) atoms. The fourth-order valence-electron chi connectivity index (χ4n) is 1.55. The Morgan fingerprint density at radius 3 is 2.16 bits per heavy atom. The first-order valence-electron chi connectivity index (χ1n) is 7.40. The third-order valence-electron chi connectivity index (χ3n) is 2.21. The first kappa shape index (κ1) is 19.8. The highest BCUT2D eigenvalue weighted by atomic mass is 16.1. The van der Waals surface area contributed by atoms with Gasteiger partial charge in [-0.15, -0.1) is 0 Å². The van der Waals surface area contributed by atoms with Gasteiger partial charge in [0.25, 0.3) is 0 Å². The Balaban J connectivity index is 0. The number of aromatic nitrogens is 1. The van der Waals surface area contributed by atoms with Crippen LogP contribution in [0.15, 0.2) is 30.5 Å². The molecule has 0 bridgehead atoms. The van der Waals surface area contributed by atoms with E-state index in [9.17, 15) is 4.79 Å². The molecule has 0 aliphatic carbocycles. The van der Waals surface area contributed by atoms with E-state index in [4.69, 9.17) is 0 Å². The van der Waals surface area contributed by atoms with E-state index >= 15 is 0 Å². The van der Waals surface area contributed by atoms with Crippen molar-refractivity contribution >= 4 is 17.2 Å². The van der Waals surface area contributed by atoms with E-state index in [0.29, 0.717) is 6.42 Å². The van der Waals surface area contributed by atoms with Gasteiger partial charge in [0.2, 0.25) is 0 Å². The number of nitrogens with one attached hydrogen (secondary N) is 1. The van der Waals surface area contributed by atoms with Crippen molar-refractivity contribution in [2.24, 2.45) is 0 Å². The summed E-state index contributed by atoms with van der Waals surface area (Å²) in [6.45, 7) is 12.0. The summed E-state index contributed by atoms with van der Waals surface area (Å²) in [5, 5.41) is 1.23. The van der Waals surface area contributed by atoms with Crippen molar-refractivity contribution in [2.45, 2.75) is 54.4 Å². The van der Waals surface area contributed by atoms with Gasteiger partial charge >= 0.3 is 0 Å². The zero-order valence-corrected chi connectivity index (χ0v) is 13.3. The van der Waals surface area contributed by atoms with Crippen molar-refractivity contribution in [1.82, 2.24) is 4.98 Å². The Bertz CT molecular complexity index is 418. The molecule has 1 heterocycles. The minimum atomic E-state index is 0.599. The fourth-order valence-corrected chi connectivity index (χ4v) is 1.55. The van der Waals surface area contributed by atoms with Crippen LogP contribution in [0.3, 0.4) is 0 Å². The largest absolute Gasteiger partial charge is 0.361 e. The van der Waals surface area contributed by atoms with Gasteiger partial charge in [-0.25, -0.2) is 0 Å². The van der Waals surface area contributed by atoms with Gasteiger partial charge in [-0.05, 0) is 18.1 Å². The van der Waals surface area contributed by atoms with Crippen LogP contribution in [0.4, 0.5) is 0 Å². The zero-order valence-electron chi connectivity index (χ0n) is 13.3. The SMILES string of the molecule is CC.CC.CC.O=CCCc1c[nH]c2ccccc12. The molecule has 0 aliphatic heterocycles. The number of rotatable bonds is 3. The molecule has 2 aromatic rings. The molecule has 0 aliphatic rings. The molecule has 0 spiro atoms. The van der Waals surface area contributed by atoms with Crippen LogP contribution in [-0.4, -0.2) is 11.3 Å². The van der Waals surface area contributed by atoms with Gasteiger partial charge in [0, 0.05) is 23.5 Å². The normalized spacial score (nSPS) is 8.11. The smallest absolute Gasteiger partial charge is 0.120 e. The molecular formula is C17H29NO. The molecule has 0 unspecified atom stereocenters. The van der Waals surface area contributed by atoms with Crippen molar-refractivity contribution in [3.8, 4) is 0 Å². The standard InChI is InChI=1S/C11H11NO.3C2H6/c13-7-3-4-9-8-12-11-6-2-1-5-10(9)11;3*1-2/h1-2,5-8,12H,3-4H2;3*1-2H3. The highest BCUT2D eigenvalue weighted by molar-refractivity contribution is 5.83. The number of carbonyl (C=O) groups excluding carboxylic acids is 1. The van der Waals surface area contributed by atoms with Crippen LogP contribution in [0, 0.1) is 0 Å². The lowest BCUT2D eigenvalue weighted by Crippen LogP contribution is -1.82. The van der Waals surface area contributed by atoms with Crippen LogP contribution in [-0.2, 0) is 11.2 Å². The van der Waals surface area contributed by atoms with Gasteiger partial charge in [-0.1, -0.05) is 59.7 Å². The first-order chi connectivity index (χ1) is 9.42. The summed E-state index contributed by atoms with van der Waals surface area (Å²) in [6.07, 6.45) is 4.37. The Labute approximate surface area is 118 Å². The molecule has 0 saturated heterocycles. The second kappa shape index (κ2) is 14.5. The Hall–Kier alpha value is -1.57. The Morgan fingerprint density at radius 2 is 1.58 bits per heavy atom. The first-order valence-corrected chi connectivity index (χ1v) is 7.40. The second-order valence-electron chi connectivity index (χ2n) is 3.06. The number of para-hydroxylation sites is 1. The summed E-state index contributed by atoms with van der Waals surface area (Å²) in [7, 11) is 0. The van der Waals surface area contributed by atoms with E-state index in [1.54, 1.807) is 0 Å². The number of aryl methyl sites for hydroxylation is 1. The lowest BCUT2D eigenvalue weighted by Gasteiger charge is -1.93. The maximum absolute atomic E-state index is 10.2. The number of aromatic amines is 1. The minimum absolute atomic E-state index is 0.599. The number of hydrogen-bond acceptors (Lipinski definition) is 1. The lowest BCUT2D eigenvalue weighted by molar-refractivity contribution is -0.107. The van der Waals surface area contributed by atoms with Crippen LogP contribution >= 0.6 is 0 Å². The van der Waals surface area contributed by atoms with Crippen molar-refractivity contribution < 1.29 is 4.79 Å². The predicted molar refractivity (Wildman–Crippen MR) is 86.7 cm³/mol. The molecule has 1 aromatic carbocycles. The number of hydrogen-bond donors (Lipinski definition) is 1. The zero-order chi connectivity index (χ0) is 15.1. The molecule has 2 heteroatoms. The maximum Gasteiger partial charge on any atom is 0.120 e. The van der Waals surface area contributed by atoms with Gasteiger partial charge in [0.15, 0.2) is 0 Å². The van der Waals surface area contributed by atoms with Crippen LogP contribution < -0.4 is 0 Å². The second-order valence-corrected chi connectivity index (χ2v) is 3.06. The van der Waals surface area contributed by atoms with Gasteiger partial charge in [0.05, 0.1) is 0 Å². The average molecular weight is 263 g/mol. The molecule has 0 fully saturated rings. The van der Waals surface area contributed by atoms with E-state index in [-0.39, 0.29) is 0 Å². The summed E-state index contributed by atoms with van der Waals surface area (Å²) in [4.78, 5) is 13.4. The van der Waals surface area contributed by atoms with E-state index in [0.717, 1.165) is 18.2 Å². The van der Waals surface area contributed by atoms with Crippen molar-refractivity contribution in [3.05, 3.63) is 36.0 Å². The molecule has 1 aromatic heterocycles. The van der Waals surface area contributed by atoms with Gasteiger partial charge in [-0.3, -0.25) is 0 Å². The van der Waals surface area contributed by atoms with Gasteiger partial charge in [-0.2, -0.15) is 0 Å². The lowest BCUT2D eigenvalue weighted by atomic mass is 10.1. The highest BCUT2D eigenvalue weighted by Crippen LogP contribution is 2.18. The topological polar surface area (TPSA) is 32.9 Å². The van der Waals surface area contributed by atoms with Crippen LogP contribution in [0.5, 0.6) is 0 Å². The molecule has 0 atom stereocenters. The quantitative estimate of drug-likeness (QED) is 0.741. The van der Waals surface area contributed by atoms with Crippen molar-refractivity contribution in [1.29, 1.82) is 0 Å². The number of carbonyl (C=O) groups is 1. The van der Waals surface area contributed by atoms with Gasteiger partial charge < -0.3 is 9.78 Å².